The molecule has 2 amide bonds. The maximum Gasteiger partial charge on any atom is 0.255 e. The van der Waals surface area contributed by atoms with E-state index in [1.165, 1.54) is 45.0 Å². The van der Waals surface area contributed by atoms with Crippen LogP contribution in [0.2, 0.25) is 0 Å². The SMILES string of the molecule is COc1cc(C(=O)NCc2ccc(C[NH+]3CCCCC3)cc2)ccc1OCC(N)=O. The van der Waals surface area contributed by atoms with Gasteiger partial charge in [0.2, 0.25) is 0 Å². The van der Waals surface area contributed by atoms with Crippen molar-refractivity contribution in [1.82, 2.24) is 5.32 Å². The molecule has 2 aromatic rings. The molecule has 0 spiro atoms. The second-order valence-corrected chi connectivity index (χ2v) is 7.61. The maximum absolute atomic E-state index is 12.5. The Kier molecular flexibility index (Phi) is 7.68. The van der Waals surface area contributed by atoms with Gasteiger partial charge in [-0.2, -0.15) is 0 Å². The van der Waals surface area contributed by atoms with E-state index in [0.717, 1.165) is 12.1 Å². The van der Waals surface area contributed by atoms with Gasteiger partial charge in [0.1, 0.15) is 6.54 Å². The van der Waals surface area contributed by atoms with Gasteiger partial charge in [0.25, 0.3) is 11.8 Å². The molecule has 0 unspecified atom stereocenters. The molecule has 4 N–H and O–H groups in total. The number of nitrogens with one attached hydrogen (secondary N) is 2. The third-order valence-corrected chi connectivity index (χ3v) is 5.29. The van der Waals surface area contributed by atoms with Crippen molar-refractivity contribution >= 4 is 11.8 Å². The van der Waals surface area contributed by atoms with E-state index < -0.39 is 5.91 Å². The van der Waals surface area contributed by atoms with Crippen molar-refractivity contribution in [3.8, 4) is 11.5 Å². The van der Waals surface area contributed by atoms with E-state index in [-0.39, 0.29) is 12.5 Å². The number of amides is 2. The molecule has 160 valence electrons. The molecule has 2 aromatic carbocycles. The van der Waals surface area contributed by atoms with Crippen LogP contribution in [0.15, 0.2) is 42.5 Å². The van der Waals surface area contributed by atoms with Gasteiger partial charge in [-0.1, -0.05) is 24.3 Å². The first-order chi connectivity index (χ1) is 14.5. The number of piperidine rings is 1. The van der Waals surface area contributed by atoms with Gasteiger partial charge >= 0.3 is 0 Å². The number of rotatable bonds is 9. The van der Waals surface area contributed by atoms with Crippen molar-refractivity contribution < 1.29 is 24.0 Å². The average molecular weight is 413 g/mol. The predicted molar refractivity (Wildman–Crippen MR) is 114 cm³/mol. The van der Waals surface area contributed by atoms with E-state index in [1.807, 2.05) is 0 Å². The highest BCUT2D eigenvalue weighted by Crippen LogP contribution is 2.28. The molecule has 0 aliphatic carbocycles. The molecule has 1 fully saturated rings. The van der Waals surface area contributed by atoms with Crippen LogP contribution < -0.4 is 25.4 Å². The van der Waals surface area contributed by atoms with Gasteiger partial charge in [0.15, 0.2) is 18.1 Å². The highest BCUT2D eigenvalue weighted by molar-refractivity contribution is 5.94. The molecular weight excluding hydrogens is 382 g/mol. The van der Waals surface area contributed by atoms with Gasteiger partial charge in [-0.25, -0.2) is 0 Å². The largest absolute Gasteiger partial charge is 0.493 e. The zero-order valence-electron chi connectivity index (χ0n) is 17.4. The number of benzene rings is 2. The normalized spacial score (nSPS) is 14.2. The van der Waals surface area contributed by atoms with Crippen LogP contribution in [0.25, 0.3) is 0 Å². The molecule has 30 heavy (non-hydrogen) atoms. The molecule has 1 aliphatic rings. The summed E-state index contributed by atoms with van der Waals surface area (Å²) in [4.78, 5) is 25.0. The molecule has 0 atom stereocenters. The van der Waals surface area contributed by atoms with Gasteiger partial charge in [0.05, 0.1) is 20.2 Å². The molecule has 0 aromatic heterocycles. The van der Waals surface area contributed by atoms with Gasteiger partial charge in [-0.3, -0.25) is 9.59 Å². The Balaban J connectivity index is 1.53. The first kappa shape index (κ1) is 21.6. The standard InChI is InChI=1S/C23H29N3O4/c1-29-21-13-19(9-10-20(21)30-16-22(24)27)23(28)25-14-17-5-7-18(8-6-17)15-26-11-3-2-4-12-26/h5-10,13H,2-4,11-12,14-16H2,1H3,(H2,24,27)(H,25,28)/p+1. The molecular formula is C23H30N3O4+. The van der Waals surface area contributed by atoms with Gasteiger partial charge < -0.3 is 25.4 Å². The summed E-state index contributed by atoms with van der Waals surface area (Å²) >= 11 is 0. The Morgan fingerprint density at radius 3 is 2.37 bits per heavy atom. The third-order valence-electron chi connectivity index (χ3n) is 5.29. The van der Waals surface area contributed by atoms with Crippen molar-refractivity contribution in [2.75, 3.05) is 26.8 Å². The van der Waals surface area contributed by atoms with Crippen LogP contribution >= 0.6 is 0 Å². The van der Waals surface area contributed by atoms with E-state index >= 15 is 0 Å². The molecule has 0 bridgehead atoms. The van der Waals surface area contributed by atoms with Crippen molar-refractivity contribution in [2.24, 2.45) is 5.73 Å². The summed E-state index contributed by atoms with van der Waals surface area (Å²) in [5.41, 5.74) is 7.92. The van der Waals surface area contributed by atoms with Crippen molar-refractivity contribution in [3.05, 3.63) is 59.2 Å². The zero-order valence-corrected chi connectivity index (χ0v) is 17.4. The Morgan fingerprint density at radius 2 is 1.70 bits per heavy atom. The van der Waals surface area contributed by atoms with Gasteiger partial charge in [-0.15, -0.1) is 0 Å². The molecule has 0 saturated carbocycles. The van der Waals surface area contributed by atoms with Crippen LogP contribution in [0.1, 0.15) is 40.7 Å². The van der Waals surface area contributed by atoms with Crippen molar-refractivity contribution in [3.63, 3.8) is 0 Å². The molecule has 0 radical (unpaired) electrons. The summed E-state index contributed by atoms with van der Waals surface area (Å²) in [6.45, 7) is 3.77. The number of ether oxygens (including phenoxy) is 2. The number of hydrogen-bond acceptors (Lipinski definition) is 4. The van der Waals surface area contributed by atoms with E-state index in [9.17, 15) is 9.59 Å². The first-order valence-electron chi connectivity index (χ1n) is 10.3. The summed E-state index contributed by atoms with van der Waals surface area (Å²) < 4.78 is 10.5. The van der Waals surface area contributed by atoms with Crippen LogP contribution in [0, 0.1) is 0 Å². The second-order valence-electron chi connectivity index (χ2n) is 7.61. The van der Waals surface area contributed by atoms with Crippen LogP contribution in [-0.2, 0) is 17.9 Å². The highest BCUT2D eigenvalue weighted by atomic mass is 16.5. The lowest BCUT2D eigenvalue weighted by molar-refractivity contribution is -0.918. The average Bonchev–Trinajstić information content (AvgIpc) is 2.77. The molecule has 3 rings (SSSR count). The lowest BCUT2D eigenvalue weighted by atomic mass is 10.1. The topological polar surface area (TPSA) is 95.1 Å². The van der Waals surface area contributed by atoms with Crippen molar-refractivity contribution in [1.29, 1.82) is 0 Å². The predicted octanol–water partition coefficient (Wildman–Crippen LogP) is 1.06. The van der Waals surface area contributed by atoms with Gasteiger partial charge in [-0.05, 0) is 43.0 Å². The fourth-order valence-corrected chi connectivity index (χ4v) is 3.65. The third kappa shape index (κ3) is 6.22. The number of carbonyl (C=O) groups excluding carboxylic acids is 2. The minimum absolute atomic E-state index is 0.211. The summed E-state index contributed by atoms with van der Waals surface area (Å²) in [5.74, 6) is -0.0634. The molecule has 1 saturated heterocycles. The second kappa shape index (κ2) is 10.6. The van der Waals surface area contributed by atoms with E-state index in [0.29, 0.717) is 23.6 Å². The zero-order chi connectivity index (χ0) is 21.3. The van der Waals surface area contributed by atoms with Crippen molar-refractivity contribution in [2.45, 2.75) is 32.4 Å². The summed E-state index contributed by atoms with van der Waals surface area (Å²) in [7, 11) is 1.47. The fraction of sp³-hybridized carbons (Fsp3) is 0.391. The maximum atomic E-state index is 12.5. The number of carbonyl (C=O) groups is 2. The summed E-state index contributed by atoms with van der Waals surface area (Å²) in [6.07, 6.45) is 4.00. The van der Waals surface area contributed by atoms with Crippen LogP contribution in [0.3, 0.4) is 0 Å². The Hall–Kier alpha value is -3.06. The monoisotopic (exact) mass is 412 g/mol. The van der Waals surface area contributed by atoms with E-state index in [2.05, 4.69) is 29.6 Å². The first-order valence-corrected chi connectivity index (χ1v) is 10.3. The highest BCUT2D eigenvalue weighted by Gasteiger charge is 2.14. The molecule has 7 heteroatoms. The Bertz CT molecular complexity index is 861. The minimum Gasteiger partial charge on any atom is -0.493 e. The van der Waals surface area contributed by atoms with Crippen LogP contribution in [-0.4, -0.2) is 38.6 Å². The number of hydrogen-bond donors (Lipinski definition) is 3. The smallest absolute Gasteiger partial charge is 0.255 e. The van der Waals surface area contributed by atoms with Crippen LogP contribution in [0.5, 0.6) is 11.5 Å². The van der Waals surface area contributed by atoms with E-state index in [1.54, 1.807) is 23.1 Å². The van der Waals surface area contributed by atoms with E-state index in [4.69, 9.17) is 15.2 Å². The molecule has 1 heterocycles. The minimum atomic E-state index is -0.581. The number of nitrogens with two attached hydrogens (primary N) is 1. The molecule has 7 nitrogen and oxygen atoms in total. The number of likely N-dealkylation sites (tertiary alicyclic amines) is 1. The van der Waals surface area contributed by atoms with Gasteiger partial charge in [0, 0.05) is 17.7 Å². The quantitative estimate of drug-likeness (QED) is 0.574. The van der Waals surface area contributed by atoms with Crippen LogP contribution in [0.4, 0.5) is 0 Å². The summed E-state index contributed by atoms with van der Waals surface area (Å²) in [5, 5.41) is 2.92. The lowest BCUT2D eigenvalue weighted by Gasteiger charge is -2.23. The fourth-order valence-electron chi connectivity index (χ4n) is 3.65. The Morgan fingerprint density at radius 1 is 1.00 bits per heavy atom. The number of methoxy groups -OCH3 is 1. The lowest BCUT2D eigenvalue weighted by Crippen LogP contribution is -3.11. The molecule has 1 aliphatic heterocycles. The number of quaternary nitrogens is 1. The number of primary amides is 1. The summed E-state index contributed by atoms with van der Waals surface area (Å²) in [6, 6.07) is 13.2. The Labute approximate surface area is 177 Å².